The van der Waals surface area contributed by atoms with E-state index in [1.165, 1.54) is 0 Å². The summed E-state index contributed by atoms with van der Waals surface area (Å²) >= 11 is 1.15. The van der Waals surface area contributed by atoms with Gasteiger partial charge in [-0.15, -0.1) is 0 Å². The van der Waals surface area contributed by atoms with Crippen LogP contribution >= 0.6 is 11.8 Å². The highest BCUT2D eigenvalue weighted by atomic mass is 32.2. The minimum absolute atomic E-state index is 0.153. The molecule has 0 aromatic heterocycles. The molecule has 1 aromatic rings. The average molecular weight is 264 g/mol. The van der Waals surface area contributed by atoms with Crippen molar-refractivity contribution in [3.63, 3.8) is 0 Å². The first kappa shape index (κ1) is 14.8. The first-order chi connectivity index (χ1) is 8.50. The lowest BCUT2D eigenvalue weighted by molar-refractivity contribution is 0.261. The molecule has 4 heteroatoms. The van der Waals surface area contributed by atoms with Crippen molar-refractivity contribution in [2.45, 2.75) is 32.6 Å². The molecule has 0 saturated heterocycles. The highest BCUT2D eigenvalue weighted by Gasteiger charge is 2.11. The zero-order chi connectivity index (χ0) is 13.5. The van der Waals surface area contributed by atoms with Crippen LogP contribution in [-0.4, -0.2) is 11.0 Å². The predicted molar refractivity (Wildman–Crippen MR) is 77.9 cm³/mol. The van der Waals surface area contributed by atoms with E-state index in [0.29, 0.717) is 11.8 Å². The summed E-state index contributed by atoms with van der Waals surface area (Å²) in [6.45, 7) is 8.31. The molecule has 0 aliphatic heterocycles. The summed E-state index contributed by atoms with van der Waals surface area (Å²) in [5.74, 6) is 0.680. The zero-order valence-electron chi connectivity index (χ0n) is 11.3. The van der Waals surface area contributed by atoms with E-state index in [1.807, 2.05) is 30.3 Å². The molecular formula is C14H20N2OS. The molecule has 0 spiro atoms. The molecule has 0 aliphatic carbocycles. The second-order valence-corrected chi connectivity index (χ2v) is 5.71. The second kappa shape index (κ2) is 7.21. The fourth-order valence-electron chi connectivity index (χ4n) is 1.65. The lowest BCUT2D eigenvalue weighted by atomic mass is 9.98. The normalized spacial score (nSPS) is 10.6. The molecule has 98 valence electrons. The van der Waals surface area contributed by atoms with Gasteiger partial charge >= 0.3 is 5.24 Å². The number of nitrogens with zero attached hydrogens (tertiary/aromatic N) is 1. The summed E-state index contributed by atoms with van der Waals surface area (Å²) in [6.07, 6.45) is 0. The molecule has 1 aromatic carbocycles. The number of nitrogens with one attached hydrogen (secondary N) is 1. The number of amides is 1. The summed E-state index contributed by atoms with van der Waals surface area (Å²) in [5, 5.41) is 4.06. The molecule has 0 aliphatic rings. The van der Waals surface area contributed by atoms with E-state index in [0.717, 1.165) is 22.4 Å². The van der Waals surface area contributed by atoms with Crippen molar-refractivity contribution in [3.05, 3.63) is 30.3 Å². The molecule has 1 amide bonds. The number of benzene rings is 1. The van der Waals surface area contributed by atoms with Crippen molar-refractivity contribution >= 4 is 22.7 Å². The highest BCUT2D eigenvalue weighted by Crippen LogP contribution is 2.17. The lowest BCUT2D eigenvalue weighted by Gasteiger charge is -2.13. The number of hydrazone groups is 1. The summed E-state index contributed by atoms with van der Waals surface area (Å²) in [4.78, 5) is 12.6. The van der Waals surface area contributed by atoms with Crippen LogP contribution in [0.5, 0.6) is 0 Å². The summed E-state index contributed by atoms with van der Waals surface area (Å²) in [5.41, 5.74) is 3.62. The molecule has 0 saturated carbocycles. The Labute approximate surface area is 113 Å². The molecule has 18 heavy (non-hydrogen) atoms. The van der Waals surface area contributed by atoms with Gasteiger partial charge in [-0.05, 0) is 35.7 Å². The Balaban J connectivity index is 2.57. The quantitative estimate of drug-likeness (QED) is 0.504. The maximum absolute atomic E-state index is 11.7. The smallest absolute Gasteiger partial charge is 0.260 e. The van der Waals surface area contributed by atoms with E-state index in [-0.39, 0.29) is 5.24 Å². The number of rotatable bonds is 4. The van der Waals surface area contributed by atoms with Gasteiger partial charge in [-0.25, -0.2) is 5.43 Å². The van der Waals surface area contributed by atoms with Crippen LogP contribution in [-0.2, 0) is 0 Å². The van der Waals surface area contributed by atoms with Crippen molar-refractivity contribution in [1.29, 1.82) is 0 Å². The Bertz CT molecular complexity index is 403. The van der Waals surface area contributed by atoms with E-state index in [1.54, 1.807) is 0 Å². The molecule has 0 fully saturated rings. The maximum atomic E-state index is 11.7. The summed E-state index contributed by atoms with van der Waals surface area (Å²) in [6, 6.07) is 9.55. The molecule has 0 bridgehead atoms. The second-order valence-electron chi connectivity index (χ2n) is 4.66. The zero-order valence-corrected chi connectivity index (χ0v) is 12.1. The molecule has 3 nitrogen and oxygen atoms in total. The molecular weight excluding hydrogens is 244 g/mol. The van der Waals surface area contributed by atoms with Crippen molar-refractivity contribution in [2.75, 3.05) is 0 Å². The van der Waals surface area contributed by atoms with E-state index >= 15 is 0 Å². The minimum atomic E-state index is -0.153. The van der Waals surface area contributed by atoms with Gasteiger partial charge in [0.05, 0.1) is 0 Å². The minimum Gasteiger partial charge on any atom is -0.260 e. The summed E-state index contributed by atoms with van der Waals surface area (Å²) in [7, 11) is 0. The predicted octanol–water partition coefficient (Wildman–Crippen LogP) is 4.16. The van der Waals surface area contributed by atoms with Gasteiger partial charge in [-0.2, -0.15) is 5.10 Å². The third-order valence-electron chi connectivity index (χ3n) is 2.41. The molecule has 0 heterocycles. The average Bonchev–Trinajstić information content (AvgIpc) is 2.29. The fourth-order valence-corrected chi connectivity index (χ4v) is 2.25. The Morgan fingerprint density at radius 1 is 1.11 bits per heavy atom. The van der Waals surface area contributed by atoms with Crippen molar-refractivity contribution in [2.24, 2.45) is 16.9 Å². The van der Waals surface area contributed by atoms with Crippen LogP contribution in [0.3, 0.4) is 0 Å². The lowest BCUT2D eigenvalue weighted by Crippen LogP contribution is -2.21. The van der Waals surface area contributed by atoms with E-state index in [4.69, 9.17) is 0 Å². The van der Waals surface area contributed by atoms with Crippen molar-refractivity contribution < 1.29 is 4.79 Å². The number of hydrogen-bond acceptors (Lipinski definition) is 3. The van der Waals surface area contributed by atoms with Gasteiger partial charge in [0.15, 0.2) is 0 Å². The van der Waals surface area contributed by atoms with Gasteiger partial charge in [0.25, 0.3) is 0 Å². The largest absolute Gasteiger partial charge is 0.304 e. The van der Waals surface area contributed by atoms with Crippen LogP contribution < -0.4 is 5.43 Å². The maximum Gasteiger partial charge on any atom is 0.304 e. The van der Waals surface area contributed by atoms with Crippen LogP contribution in [0.2, 0.25) is 0 Å². The molecule has 0 radical (unpaired) electrons. The SMILES string of the molecule is CC(C)C(=NNC(=O)Sc1ccccc1)C(C)C. The molecule has 0 atom stereocenters. The van der Waals surface area contributed by atoms with Crippen molar-refractivity contribution in [3.8, 4) is 0 Å². The van der Waals surface area contributed by atoms with Gasteiger partial charge in [0.2, 0.25) is 0 Å². The number of hydrogen-bond donors (Lipinski definition) is 1. The van der Waals surface area contributed by atoms with Gasteiger partial charge in [0.1, 0.15) is 0 Å². The van der Waals surface area contributed by atoms with Crippen LogP contribution in [0.15, 0.2) is 40.3 Å². The van der Waals surface area contributed by atoms with Crippen LogP contribution in [0.4, 0.5) is 4.79 Å². The van der Waals surface area contributed by atoms with Crippen molar-refractivity contribution in [1.82, 2.24) is 5.43 Å². The molecule has 1 rings (SSSR count). The van der Waals surface area contributed by atoms with E-state index in [9.17, 15) is 4.79 Å². The van der Waals surface area contributed by atoms with E-state index < -0.39 is 0 Å². The number of carbonyl (C=O) groups is 1. The third-order valence-corrected chi connectivity index (χ3v) is 3.20. The standard InChI is InChI=1S/C14H20N2OS/c1-10(2)13(11(3)4)15-16-14(17)18-12-8-6-5-7-9-12/h5-11H,1-4H3,(H,16,17). The Hall–Kier alpha value is -1.29. The monoisotopic (exact) mass is 264 g/mol. The number of carbonyl (C=O) groups excluding carboxylic acids is 1. The fraction of sp³-hybridized carbons (Fsp3) is 0.429. The number of thioether (sulfide) groups is 1. The van der Waals surface area contributed by atoms with E-state index in [2.05, 4.69) is 38.2 Å². The van der Waals surface area contributed by atoms with Gasteiger partial charge < -0.3 is 0 Å². The first-order valence-corrected chi connectivity index (χ1v) is 6.92. The Morgan fingerprint density at radius 2 is 1.67 bits per heavy atom. The topological polar surface area (TPSA) is 41.5 Å². The van der Waals surface area contributed by atoms with Crippen LogP contribution in [0, 0.1) is 11.8 Å². The third kappa shape index (κ3) is 4.92. The van der Waals surface area contributed by atoms with Gasteiger partial charge in [0, 0.05) is 10.6 Å². The summed E-state index contributed by atoms with van der Waals surface area (Å²) < 4.78 is 0. The molecule has 1 N–H and O–H groups in total. The Kier molecular flexibility index (Phi) is 5.92. The first-order valence-electron chi connectivity index (χ1n) is 6.11. The molecule has 0 unspecified atom stereocenters. The highest BCUT2D eigenvalue weighted by molar-refractivity contribution is 8.13. The van der Waals surface area contributed by atoms with Gasteiger partial charge in [-0.3, -0.25) is 4.79 Å². The van der Waals surface area contributed by atoms with Crippen LogP contribution in [0.1, 0.15) is 27.7 Å². The van der Waals surface area contributed by atoms with Gasteiger partial charge in [-0.1, -0.05) is 45.9 Å². The Morgan fingerprint density at radius 3 is 2.17 bits per heavy atom. The van der Waals surface area contributed by atoms with Crippen LogP contribution in [0.25, 0.3) is 0 Å².